The largest absolute Gasteiger partial charge is 0.351 e. The summed E-state index contributed by atoms with van der Waals surface area (Å²) in [6.45, 7) is 0.850. The highest BCUT2D eigenvalue weighted by Crippen LogP contribution is 2.32. The van der Waals surface area contributed by atoms with E-state index in [0.717, 1.165) is 41.9 Å². The van der Waals surface area contributed by atoms with E-state index in [2.05, 4.69) is 38.1 Å². The molecule has 1 aromatic heterocycles. The number of likely N-dealkylation sites (tertiary alicyclic amines) is 1. The van der Waals surface area contributed by atoms with E-state index in [1.165, 1.54) is 4.90 Å². The molecule has 0 saturated carbocycles. The lowest BCUT2D eigenvalue weighted by atomic mass is 9.91. The number of anilines is 4. The number of primary amides is 1. The zero-order chi connectivity index (χ0) is 23.7. The number of rotatable bonds is 2. The number of carbonyl (C=O) groups excluding carboxylic acids is 2. The second kappa shape index (κ2) is 9.34. The second-order valence-electron chi connectivity index (χ2n) is 8.85. The van der Waals surface area contributed by atoms with Crippen LogP contribution in [0, 0.1) is 11.8 Å². The lowest BCUT2D eigenvalue weighted by molar-refractivity contribution is -0.119. The van der Waals surface area contributed by atoms with E-state index in [1.807, 2.05) is 24.3 Å². The number of hydrogen-bond acceptors (Lipinski definition) is 6. The van der Waals surface area contributed by atoms with Crippen molar-refractivity contribution in [1.29, 1.82) is 0 Å². The number of halogens is 1. The maximum absolute atomic E-state index is 12.9. The molecular weight excluding hydrogens is 454 g/mol. The Morgan fingerprint density at radius 1 is 1.24 bits per heavy atom. The fraction of sp³-hybridized carbons (Fsp3) is 0.333. The third kappa shape index (κ3) is 4.84. The number of nitrogens with two attached hydrogens (primary N) is 1. The van der Waals surface area contributed by atoms with Crippen LogP contribution >= 0.6 is 11.6 Å². The van der Waals surface area contributed by atoms with Gasteiger partial charge in [0.25, 0.3) is 0 Å². The van der Waals surface area contributed by atoms with Crippen LogP contribution in [0.2, 0.25) is 5.02 Å². The summed E-state index contributed by atoms with van der Waals surface area (Å²) < 4.78 is 0. The molecule has 0 radical (unpaired) electrons. The van der Waals surface area contributed by atoms with Gasteiger partial charge >= 0.3 is 6.03 Å². The molecule has 10 heteroatoms. The van der Waals surface area contributed by atoms with E-state index < -0.39 is 6.03 Å². The first-order valence-electron chi connectivity index (χ1n) is 11.4. The van der Waals surface area contributed by atoms with Gasteiger partial charge in [0.15, 0.2) is 5.82 Å². The number of aryl methyl sites for hydroxylation is 1. The first kappa shape index (κ1) is 22.2. The van der Waals surface area contributed by atoms with Gasteiger partial charge in [0.1, 0.15) is 5.02 Å². The molecule has 1 unspecified atom stereocenters. The third-order valence-corrected chi connectivity index (χ3v) is 6.74. The zero-order valence-corrected chi connectivity index (χ0v) is 19.3. The highest BCUT2D eigenvalue weighted by Gasteiger charge is 2.30. The lowest BCUT2D eigenvalue weighted by Crippen LogP contribution is -2.35. The van der Waals surface area contributed by atoms with Crippen LogP contribution in [0.25, 0.3) is 0 Å². The van der Waals surface area contributed by atoms with Gasteiger partial charge in [0.2, 0.25) is 11.9 Å². The zero-order valence-electron chi connectivity index (χ0n) is 18.6. The van der Waals surface area contributed by atoms with Gasteiger partial charge in [0, 0.05) is 30.2 Å². The molecule has 5 N–H and O–H groups in total. The number of aromatic nitrogens is 2. The Morgan fingerprint density at radius 3 is 2.94 bits per heavy atom. The van der Waals surface area contributed by atoms with Crippen LogP contribution in [-0.4, -0.2) is 39.9 Å². The molecule has 2 aromatic rings. The number of benzene rings is 1. The van der Waals surface area contributed by atoms with E-state index in [0.29, 0.717) is 42.2 Å². The molecule has 6 bridgehead atoms. The normalized spacial score (nSPS) is 21.2. The number of carbonyl (C=O) groups is 2. The van der Waals surface area contributed by atoms with Crippen molar-refractivity contribution >= 4 is 46.7 Å². The lowest BCUT2D eigenvalue weighted by Gasteiger charge is -2.20. The minimum atomic E-state index is -0.487. The first-order chi connectivity index (χ1) is 16.4. The van der Waals surface area contributed by atoms with Crippen molar-refractivity contribution in [3.63, 3.8) is 0 Å². The second-order valence-corrected chi connectivity index (χ2v) is 9.26. The number of allylic oxidation sites excluding steroid dienone is 4. The molecule has 2 atom stereocenters. The molecule has 2 aliphatic heterocycles. The summed E-state index contributed by atoms with van der Waals surface area (Å²) in [5.41, 5.74) is 9.01. The van der Waals surface area contributed by atoms with Crippen molar-refractivity contribution in [2.24, 2.45) is 17.6 Å². The molecule has 1 saturated heterocycles. The summed E-state index contributed by atoms with van der Waals surface area (Å²) in [6, 6.07) is 5.31. The average molecular weight is 480 g/mol. The van der Waals surface area contributed by atoms with Gasteiger partial charge in [-0.2, -0.15) is 4.98 Å². The monoisotopic (exact) mass is 479 g/mol. The van der Waals surface area contributed by atoms with Gasteiger partial charge < -0.3 is 26.6 Å². The number of hydrogen-bond donors (Lipinski definition) is 4. The van der Waals surface area contributed by atoms with Crippen molar-refractivity contribution in [3.05, 3.63) is 58.9 Å². The summed E-state index contributed by atoms with van der Waals surface area (Å²) in [4.78, 5) is 34.7. The van der Waals surface area contributed by atoms with Crippen LogP contribution in [-0.2, 0) is 11.2 Å². The van der Waals surface area contributed by atoms with Crippen molar-refractivity contribution in [2.45, 2.75) is 25.7 Å². The molecule has 34 heavy (non-hydrogen) atoms. The molecule has 5 rings (SSSR count). The maximum atomic E-state index is 12.9. The molecule has 176 valence electrons. The van der Waals surface area contributed by atoms with Crippen LogP contribution in [0.4, 0.5) is 27.9 Å². The molecule has 3 heterocycles. The number of nitrogens with one attached hydrogen (secondary N) is 3. The molecular formula is C24H26ClN7O2. The maximum Gasteiger partial charge on any atom is 0.314 e. The standard InChI is InChI=1S/C24H26ClN7O2/c25-19-12-27-24-29-17-3-1-2-14(10-17)4-5-15-11-18(28-21(19)31-24)6-7-20(15)30-22(33)16-8-9-32(13-16)23(26)34/h1-3,6-7,11-12,14,16H,4-5,8-10,13H2,(H2,26,34)(H,30,33)(H2,27,28,29,31)/t14?,16-/m1/s1. The Balaban J connectivity index is 1.42. The molecule has 0 spiro atoms. The predicted octanol–water partition coefficient (Wildman–Crippen LogP) is 4.03. The van der Waals surface area contributed by atoms with Crippen molar-refractivity contribution in [3.8, 4) is 0 Å². The highest BCUT2D eigenvalue weighted by atomic mass is 35.5. The van der Waals surface area contributed by atoms with Crippen LogP contribution in [0.3, 0.4) is 0 Å². The highest BCUT2D eigenvalue weighted by molar-refractivity contribution is 6.32. The Hall–Kier alpha value is -3.59. The molecule has 1 aromatic carbocycles. The summed E-state index contributed by atoms with van der Waals surface area (Å²) >= 11 is 6.34. The van der Waals surface area contributed by atoms with Gasteiger partial charge in [-0.1, -0.05) is 23.8 Å². The van der Waals surface area contributed by atoms with E-state index in [-0.39, 0.29) is 11.8 Å². The summed E-state index contributed by atoms with van der Waals surface area (Å²) in [5, 5.41) is 10.1. The van der Waals surface area contributed by atoms with Gasteiger partial charge in [0.05, 0.1) is 12.1 Å². The van der Waals surface area contributed by atoms with Crippen molar-refractivity contribution in [2.75, 3.05) is 29.0 Å². The number of fused-ring (bicyclic) bond motifs is 6. The van der Waals surface area contributed by atoms with E-state index in [1.54, 1.807) is 6.20 Å². The van der Waals surface area contributed by atoms with Crippen LogP contribution in [0.5, 0.6) is 0 Å². The van der Waals surface area contributed by atoms with Gasteiger partial charge in [-0.25, -0.2) is 9.78 Å². The van der Waals surface area contributed by atoms with Gasteiger partial charge in [-0.05, 0) is 61.4 Å². The van der Waals surface area contributed by atoms with E-state index in [4.69, 9.17) is 17.3 Å². The first-order valence-corrected chi connectivity index (χ1v) is 11.7. The SMILES string of the molecule is NC(=O)N1CC[C@@H](C(=O)Nc2ccc3cc2CCC2C=CC=C(C2)Nc2ncc(Cl)c(n2)N3)C1. The third-order valence-electron chi connectivity index (χ3n) is 6.46. The van der Waals surface area contributed by atoms with Crippen molar-refractivity contribution < 1.29 is 9.59 Å². The minimum absolute atomic E-state index is 0.0981. The topological polar surface area (TPSA) is 125 Å². The molecule has 3 amide bonds. The molecule has 1 fully saturated rings. The summed E-state index contributed by atoms with van der Waals surface area (Å²) in [5.74, 6) is 0.961. The van der Waals surface area contributed by atoms with Gasteiger partial charge in [-0.3, -0.25) is 4.79 Å². The molecule has 9 nitrogen and oxygen atoms in total. The quantitative estimate of drug-likeness (QED) is 0.515. The molecule has 3 aliphatic rings. The van der Waals surface area contributed by atoms with Crippen LogP contribution < -0.4 is 21.7 Å². The Labute approximate surface area is 202 Å². The minimum Gasteiger partial charge on any atom is -0.351 e. The smallest absolute Gasteiger partial charge is 0.314 e. The number of nitrogens with zero attached hydrogens (tertiary/aromatic N) is 3. The van der Waals surface area contributed by atoms with Crippen LogP contribution in [0.15, 0.2) is 48.3 Å². The fourth-order valence-electron chi connectivity index (χ4n) is 4.58. The Kier molecular flexibility index (Phi) is 6.10. The Bertz CT molecular complexity index is 1200. The average Bonchev–Trinajstić information content (AvgIpc) is 3.32. The van der Waals surface area contributed by atoms with E-state index >= 15 is 0 Å². The predicted molar refractivity (Wildman–Crippen MR) is 132 cm³/mol. The van der Waals surface area contributed by atoms with Crippen molar-refractivity contribution in [1.82, 2.24) is 14.9 Å². The summed E-state index contributed by atoms with van der Waals surface area (Å²) in [6.07, 6.45) is 11.0. The van der Waals surface area contributed by atoms with E-state index in [9.17, 15) is 9.59 Å². The summed E-state index contributed by atoms with van der Waals surface area (Å²) in [7, 11) is 0. The molecule has 1 aliphatic carbocycles. The number of amides is 3. The van der Waals surface area contributed by atoms with Gasteiger partial charge in [-0.15, -0.1) is 0 Å². The number of urea groups is 1. The Morgan fingerprint density at radius 2 is 2.12 bits per heavy atom. The van der Waals surface area contributed by atoms with Crippen LogP contribution in [0.1, 0.15) is 24.8 Å². The fourth-order valence-corrected chi connectivity index (χ4v) is 4.72.